The monoisotopic (exact) mass is 410 g/mol. The molecule has 4 nitrogen and oxygen atoms in total. The quantitative estimate of drug-likeness (QED) is 0.484. The van der Waals surface area contributed by atoms with Crippen LogP contribution < -0.4 is 4.90 Å². The van der Waals surface area contributed by atoms with Crippen LogP contribution in [0.5, 0.6) is 0 Å². The lowest BCUT2D eigenvalue weighted by atomic mass is 9.92. The number of hydrogen-bond donors (Lipinski definition) is 1. The second-order valence-electron chi connectivity index (χ2n) is 7.26. The van der Waals surface area contributed by atoms with Gasteiger partial charge in [-0.05, 0) is 36.6 Å². The molecule has 0 bridgehead atoms. The van der Waals surface area contributed by atoms with Gasteiger partial charge in [0.2, 0.25) is 5.95 Å². The van der Waals surface area contributed by atoms with Gasteiger partial charge in [-0.3, -0.25) is 0 Å². The summed E-state index contributed by atoms with van der Waals surface area (Å²) in [4.78, 5) is 14.2. The maximum absolute atomic E-state index is 14.6. The number of nitrogens with zero attached hydrogens (tertiary/aromatic N) is 3. The fourth-order valence-corrected chi connectivity index (χ4v) is 4.18. The molecule has 146 valence electrons. The Bertz CT molecular complexity index is 1200. The molecule has 0 amide bonds. The molecular formula is C22H17ClF2N4. The molecule has 7 heteroatoms. The van der Waals surface area contributed by atoms with Crippen LogP contribution in [0, 0.1) is 18.6 Å². The van der Waals surface area contributed by atoms with Crippen LogP contribution in [0.15, 0.2) is 48.8 Å². The number of aryl methyl sites for hydroxylation is 1. The van der Waals surface area contributed by atoms with Crippen LogP contribution in [0.4, 0.5) is 14.7 Å². The van der Waals surface area contributed by atoms with Crippen molar-refractivity contribution in [3.05, 3.63) is 87.8 Å². The molecule has 4 aromatic rings. The average molecular weight is 411 g/mol. The Kier molecular flexibility index (Phi) is 4.24. The zero-order valence-corrected chi connectivity index (χ0v) is 16.3. The van der Waals surface area contributed by atoms with E-state index >= 15 is 0 Å². The van der Waals surface area contributed by atoms with Crippen molar-refractivity contribution in [2.24, 2.45) is 0 Å². The predicted molar refractivity (Wildman–Crippen MR) is 109 cm³/mol. The smallest absolute Gasteiger partial charge is 0.226 e. The minimum absolute atomic E-state index is 0.254. The highest BCUT2D eigenvalue weighted by Gasteiger charge is 2.34. The van der Waals surface area contributed by atoms with Crippen molar-refractivity contribution in [1.29, 1.82) is 0 Å². The van der Waals surface area contributed by atoms with E-state index in [1.807, 2.05) is 31.2 Å². The highest BCUT2D eigenvalue weighted by Crippen LogP contribution is 2.40. The van der Waals surface area contributed by atoms with E-state index in [2.05, 4.69) is 19.9 Å². The number of halogens is 3. The molecule has 2 aromatic carbocycles. The molecule has 2 aromatic heterocycles. The standard InChI is InChI=1S/C22H17ClF2N4/c1-12-2-4-13(5-3-12)21-20-15(18-17(28-20)7-6-16(24)19(18)25)8-9-29(21)22-26-10-14(23)11-27-22/h2-7,10-11,21,28H,8-9H2,1H3. The Morgan fingerprint density at radius 2 is 1.79 bits per heavy atom. The number of H-pyrrole nitrogens is 1. The Morgan fingerprint density at radius 1 is 1.07 bits per heavy atom. The maximum Gasteiger partial charge on any atom is 0.226 e. The van der Waals surface area contributed by atoms with E-state index in [4.69, 9.17) is 11.6 Å². The first-order valence-corrected chi connectivity index (χ1v) is 9.70. The van der Waals surface area contributed by atoms with Gasteiger partial charge < -0.3 is 9.88 Å². The largest absolute Gasteiger partial charge is 0.356 e. The molecule has 5 rings (SSSR count). The molecule has 0 spiro atoms. The van der Waals surface area contributed by atoms with Crippen molar-refractivity contribution < 1.29 is 8.78 Å². The molecule has 0 saturated carbocycles. The lowest BCUT2D eigenvalue weighted by Crippen LogP contribution is -2.37. The number of aromatic nitrogens is 3. The van der Waals surface area contributed by atoms with E-state index < -0.39 is 11.6 Å². The third-order valence-electron chi connectivity index (χ3n) is 5.44. The zero-order chi connectivity index (χ0) is 20.1. The van der Waals surface area contributed by atoms with Crippen molar-refractivity contribution >= 4 is 28.5 Å². The van der Waals surface area contributed by atoms with Gasteiger partial charge in [-0.25, -0.2) is 18.7 Å². The third-order valence-corrected chi connectivity index (χ3v) is 5.63. The van der Waals surface area contributed by atoms with E-state index in [0.29, 0.717) is 34.8 Å². The number of rotatable bonds is 2. The normalized spacial score (nSPS) is 16.3. The Morgan fingerprint density at radius 3 is 2.52 bits per heavy atom. The van der Waals surface area contributed by atoms with Gasteiger partial charge in [0.1, 0.15) is 0 Å². The number of benzene rings is 2. The van der Waals surface area contributed by atoms with Crippen molar-refractivity contribution in [3.63, 3.8) is 0 Å². The molecule has 1 unspecified atom stereocenters. The first kappa shape index (κ1) is 18.1. The topological polar surface area (TPSA) is 44.8 Å². The molecule has 1 N–H and O–H groups in total. The highest BCUT2D eigenvalue weighted by molar-refractivity contribution is 6.30. The first-order chi connectivity index (χ1) is 14.0. The van der Waals surface area contributed by atoms with Crippen LogP contribution in [0.1, 0.15) is 28.4 Å². The van der Waals surface area contributed by atoms with Gasteiger partial charge in [0.25, 0.3) is 0 Å². The van der Waals surface area contributed by atoms with Gasteiger partial charge in [0.15, 0.2) is 11.6 Å². The Hall–Kier alpha value is -2.99. The Balaban J connectivity index is 1.73. The summed E-state index contributed by atoms with van der Waals surface area (Å²) in [5.74, 6) is -1.11. The number of aromatic amines is 1. The summed E-state index contributed by atoms with van der Waals surface area (Å²) in [6.07, 6.45) is 3.67. The fraction of sp³-hybridized carbons (Fsp3) is 0.182. The van der Waals surface area contributed by atoms with Crippen LogP contribution in [0.25, 0.3) is 10.9 Å². The van der Waals surface area contributed by atoms with E-state index in [-0.39, 0.29) is 6.04 Å². The van der Waals surface area contributed by atoms with E-state index in [0.717, 1.165) is 28.5 Å². The number of nitrogens with one attached hydrogen (secondary N) is 1. The minimum atomic E-state index is -0.838. The van der Waals surface area contributed by atoms with Crippen molar-refractivity contribution in [3.8, 4) is 0 Å². The summed E-state index contributed by atoms with van der Waals surface area (Å²) in [5, 5.41) is 0.787. The van der Waals surface area contributed by atoms with Gasteiger partial charge in [-0.1, -0.05) is 41.4 Å². The fourth-order valence-electron chi connectivity index (χ4n) is 4.08. The molecule has 0 saturated heterocycles. The molecule has 0 fully saturated rings. The minimum Gasteiger partial charge on any atom is -0.356 e. The highest BCUT2D eigenvalue weighted by atomic mass is 35.5. The van der Waals surface area contributed by atoms with Gasteiger partial charge >= 0.3 is 0 Å². The average Bonchev–Trinajstić information content (AvgIpc) is 3.11. The molecular weight excluding hydrogens is 394 g/mol. The van der Waals surface area contributed by atoms with Crippen molar-refractivity contribution in [2.75, 3.05) is 11.4 Å². The number of anilines is 1. The molecule has 29 heavy (non-hydrogen) atoms. The number of fused-ring (bicyclic) bond motifs is 3. The lowest BCUT2D eigenvalue weighted by Gasteiger charge is -2.36. The van der Waals surface area contributed by atoms with Crippen LogP contribution in [0.2, 0.25) is 5.02 Å². The first-order valence-electron chi connectivity index (χ1n) is 9.32. The maximum atomic E-state index is 14.6. The lowest BCUT2D eigenvalue weighted by molar-refractivity contribution is 0.516. The molecule has 0 radical (unpaired) electrons. The van der Waals surface area contributed by atoms with E-state index in [1.54, 1.807) is 18.5 Å². The van der Waals surface area contributed by atoms with E-state index in [1.165, 1.54) is 0 Å². The molecule has 1 atom stereocenters. The molecule has 1 aliphatic rings. The SMILES string of the molecule is Cc1ccc(C2c3[nH]c4ccc(F)c(F)c4c3CCN2c2ncc(Cl)cn2)cc1. The van der Waals surface area contributed by atoms with Gasteiger partial charge in [0, 0.05) is 23.1 Å². The molecule has 0 aliphatic carbocycles. The zero-order valence-electron chi connectivity index (χ0n) is 15.6. The summed E-state index contributed by atoms with van der Waals surface area (Å²) in [6.45, 7) is 2.59. The van der Waals surface area contributed by atoms with Gasteiger partial charge in [-0.2, -0.15) is 0 Å². The second kappa shape index (κ2) is 6.81. The number of hydrogen-bond acceptors (Lipinski definition) is 3. The van der Waals surface area contributed by atoms with Crippen LogP contribution in [0.3, 0.4) is 0 Å². The van der Waals surface area contributed by atoms with Gasteiger partial charge in [0.05, 0.1) is 23.5 Å². The van der Waals surface area contributed by atoms with E-state index in [9.17, 15) is 8.78 Å². The molecule has 3 heterocycles. The summed E-state index contributed by atoms with van der Waals surface area (Å²) in [6, 6.07) is 10.6. The van der Waals surface area contributed by atoms with Crippen LogP contribution in [-0.4, -0.2) is 21.5 Å². The summed E-state index contributed by atoms with van der Waals surface area (Å²) in [5.41, 5.74) is 4.38. The van der Waals surface area contributed by atoms with Crippen LogP contribution >= 0.6 is 11.6 Å². The summed E-state index contributed by atoms with van der Waals surface area (Å²) in [7, 11) is 0. The second-order valence-corrected chi connectivity index (χ2v) is 7.70. The predicted octanol–water partition coefficient (Wildman–Crippen LogP) is 5.35. The van der Waals surface area contributed by atoms with Crippen molar-refractivity contribution in [1.82, 2.24) is 15.0 Å². The summed E-state index contributed by atoms with van der Waals surface area (Å²) >= 11 is 5.96. The molecule has 1 aliphatic heterocycles. The Labute approximate surface area is 171 Å². The third kappa shape index (κ3) is 2.95. The van der Waals surface area contributed by atoms with Crippen molar-refractivity contribution in [2.45, 2.75) is 19.4 Å². The van der Waals surface area contributed by atoms with Gasteiger partial charge in [-0.15, -0.1) is 0 Å². The van der Waals surface area contributed by atoms with Crippen LogP contribution in [-0.2, 0) is 6.42 Å². The summed E-state index contributed by atoms with van der Waals surface area (Å²) < 4.78 is 28.5.